The van der Waals surface area contributed by atoms with Crippen LogP contribution in [0.3, 0.4) is 0 Å². The monoisotopic (exact) mass is 268 g/mol. The van der Waals surface area contributed by atoms with Crippen molar-refractivity contribution in [3.63, 3.8) is 0 Å². The zero-order valence-corrected chi connectivity index (χ0v) is 10.9. The molecule has 4 nitrogen and oxygen atoms in total. The van der Waals surface area contributed by atoms with Gasteiger partial charge in [-0.25, -0.2) is 8.42 Å². The van der Waals surface area contributed by atoms with E-state index in [1.54, 1.807) is 0 Å². The second-order valence-corrected chi connectivity index (χ2v) is 6.88. The molecule has 0 aromatic heterocycles. The summed E-state index contributed by atoms with van der Waals surface area (Å²) in [4.78, 5) is 10.4. The molecule has 0 amide bonds. The molecule has 1 aliphatic rings. The zero-order valence-electron chi connectivity index (χ0n) is 10.1. The van der Waals surface area contributed by atoms with E-state index in [1.807, 2.05) is 18.2 Å². The first kappa shape index (κ1) is 13.1. The van der Waals surface area contributed by atoms with Crippen LogP contribution in [-0.4, -0.2) is 25.2 Å². The maximum Gasteiger partial charge on any atom is 0.304 e. The first-order valence-electron chi connectivity index (χ1n) is 5.99. The molecule has 0 saturated carbocycles. The van der Waals surface area contributed by atoms with E-state index in [2.05, 4.69) is 0 Å². The minimum absolute atomic E-state index is 0.0619. The molecule has 98 valence electrons. The zero-order chi connectivity index (χ0) is 13.2. The average molecular weight is 268 g/mol. The summed E-state index contributed by atoms with van der Waals surface area (Å²) < 4.78 is 23.5. The molecule has 2 rings (SSSR count). The molecule has 0 aliphatic heterocycles. The van der Waals surface area contributed by atoms with Gasteiger partial charge in [0.1, 0.15) is 0 Å². The third-order valence-corrected chi connectivity index (χ3v) is 4.78. The second-order valence-electron chi connectivity index (χ2n) is 4.69. The predicted molar refractivity (Wildman–Crippen MR) is 68.2 cm³/mol. The first-order chi connectivity index (χ1) is 8.46. The summed E-state index contributed by atoms with van der Waals surface area (Å²) in [5.74, 6) is -1.43. The smallest absolute Gasteiger partial charge is 0.304 e. The van der Waals surface area contributed by atoms with Gasteiger partial charge in [0.05, 0.1) is 17.9 Å². The molecular formula is C13H16O4S. The number of aliphatic carboxylic acids is 1. The first-order valence-corrected chi connectivity index (χ1v) is 7.81. The van der Waals surface area contributed by atoms with Crippen molar-refractivity contribution in [1.29, 1.82) is 0 Å². The number of rotatable bonds is 5. The Bertz CT molecular complexity index is 560. The number of carboxylic acid groups (broad SMARTS) is 1. The lowest BCUT2D eigenvalue weighted by molar-refractivity contribution is -0.136. The highest BCUT2D eigenvalue weighted by molar-refractivity contribution is 7.90. The normalized spacial score (nSPS) is 14.4. The quantitative estimate of drug-likeness (QED) is 0.879. The molecule has 0 atom stereocenters. The van der Waals surface area contributed by atoms with Gasteiger partial charge in [0.25, 0.3) is 0 Å². The highest BCUT2D eigenvalue weighted by Crippen LogP contribution is 2.23. The van der Waals surface area contributed by atoms with Crippen molar-refractivity contribution in [1.82, 2.24) is 0 Å². The van der Waals surface area contributed by atoms with Crippen LogP contribution < -0.4 is 0 Å². The van der Waals surface area contributed by atoms with Gasteiger partial charge in [-0.3, -0.25) is 4.79 Å². The van der Waals surface area contributed by atoms with Crippen molar-refractivity contribution in [2.75, 3.05) is 5.75 Å². The van der Waals surface area contributed by atoms with Crippen molar-refractivity contribution in [2.24, 2.45) is 0 Å². The van der Waals surface area contributed by atoms with E-state index in [1.165, 1.54) is 11.1 Å². The van der Waals surface area contributed by atoms with Gasteiger partial charge in [0, 0.05) is 0 Å². The highest BCUT2D eigenvalue weighted by Gasteiger charge is 2.16. The Morgan fingerprint density at radius 3 is 2.67 bits per heavy atom. The second kappa shape index (κ2) is 5.10. The Morgan fingerprint density at radius 2 is 1.94 bits per heavy atom. The van der Waals surface area contributed by atoms with Crippen LogP contribution >= 0.6 is 0 Å². The van der Waals surface area contributed by atoms with Crippen LogP contribution in [0.1, 0.15) is 29.5 Å². The van der Waals surface area contributed by atoms with E-state index >= 15 is 0 Å². The van der Waals surface area contributed by atoms with E-state index in [-0.39, 0.29) is 17.9 Å². The molecule has 0 unspecified atom stereocenters. The fraction of sp³-hybridized carbons (Fsp3) is 0.462. The molecule has 0 saturated heterocycles. The molecule has 0 fully saturated rings. The van der Waals surface area contributed by atoms with Crippen molar-refractivity contribution in [3.05, 3.63) is 34.9 Å². The Balaban J connectivity index is 2.07. The molecule has 1 aromatic rings. The Morgan fingerprint density at radius 1 is 1.22 bits per heavy atom. The molecule has 0 spiro atoms. The molecule has 0 heterocycles. The molecule has 18 heavy (non-hydrogen) atoms. The van der Waals surface area contributed by atoms with Crippen molar-refractivity contribution >= 4 is 15.8 Å². The third kappa shape index (κ3) is 3.32. The average Bonchev–Trinajstić information content (AvgIpc) is 2.73. The molecular weight excluding hydrogens is 252 g/mol. The van der Waals surface area contributed by atoms with Gasteiger partial charge in [-0.15, -0.1) is 0 Å². The Labute approximate surface area is 107 Å². The summed E-state index contributed by atoms with van der Waals surface area (Å²) in [5, 5.41) is 8.51. The lowest BCUT2D eigenvalue weighted by atomic mass is 10.1. The van der Waals surface area contributed by atoms with Crippen LogP contribution in [0.4, 0.5) is 0 Å². The summed E-state index contributed by atoms with van der Waals surface area (Å²) in [6.07, 6.45) is 2.89. The number of sulfone groups is 1. The van der Waals surface area contributed by atoms with Gasteiger partial charge in [-0.2, -0.15) is 0 Å². The summed E-state index contributed by atoms with van der Waals surface area (Å²) in [7, 11) is -3.33. The van der Waals surface area contributed by atoms with Gasteiger partial charge in [-0.05, 0) is 36.0 Å². The van der Waals surface area contributed by atoms with Crippen LogP contribution in [0.5, 0.6) is 0 Å². The Kier molecular flexibility index (Phi) is 3.71. The van der Waals surface area contributed by atoms with E-state index in [4.69, 9.17) is 5.11 Å². The van der Waals surface area contributed by atoms with Crippen LogP contribution in [0.25, 0.3) is 0 Å². The third-order valence-electron chi connectivity index (χ3n) is 3.18. The van der Waals surface area contributed by atoms with E-state index in [0.717, 1.165) is 24.8 Å². The molecule has 1 N–H and O–H groups in total. The van der Waals surface area contributed by atoms with Gasteiger partial charge < -0.3 is 5.11 Å². The maximum atomic E-state index is 11.7. The summed E-state index contributed by atoms with van der Waals surface area (Å²) in [6, 6.07) is 5.77. The molecule has 0 radical (unpaired) electrons. The minimum atomic E-state index is -3.33. The van der Waals surface area contributed by atoms with Gasteiger partial charge >= 0.3 is 5.97 Å². The largest absolute Gasteiger partial charge is 0.481 e. The molecule has 0 bridgehead atoms. The minimum Gasteiger partial charge on any atom is -0.481 e. The number of fused-ring (bicyclic) bond motifs is 1. The van der Waals surface area contributed by atoms with E-state index in [0.29, 0.717) is 0 Å². The number of benzene rings is 1. The van der Waals surface area contributed by atoms with Crippen molar-refractivity contribution in [3.8, 4) is 0 Å². The molecule has 5 heteroatoms. The van der Waals surface area contributed by atoms with Crippen LogP contribution in [0, 0.1) is 0 Å². The van der Waals surface area contributed by atoms with Gasteiger partial charge in [0.15, 0.2) is 9.84 Å². The van der Waals surface area contributed by atoms with E-state index < -0.39 is 15.8 Å². The van der Waals surface area contributed by atoms with Crippen LogP contribution in [-0.2, 0) is 33.2 Å². The number of carbonyl (C=O) groups is 1. The molecule has 1 aliphatic carbocycles. The Hall–Kier alpha value is -1.36. The number of aryl methyl sites for hydroxylation is 2. The maximum absolute atomic E-state index is 11.7. The van der Waals surface area contributed by atoms with Gasteiger partial charge in [0.2, 0.25) is 0 Å². The van der Waals surface area contributed by atoms with Gasteiger partial charge in [-0.1, -0.05) is 18.2 Å². The SMILES string of the molecule is O=C(O)CCS(=O)(=O)Cc1ccc2c(c1)CCC2. The summed E-state index contributed by atoms with van der Waals surface area (Å²) in [6.45, 7) is 0. The fourth-order valence-electron chi connectivity index (χ4n) is 2.28. The topological polar surface area (TPSA) is 71.4 Å². The molecule has 1 aromatic carbocycles. The predicted octanol–water partition coefficient (Wildman–Crippen LogP) is 1.56. The lowest BCUT2D eigenvalue weighted by Gasteiger charge is -2.06. The van der Waals surface area contributed by atoms with Crippen molar-refractivity contribution < 1.29 is 18.3 Å². The highest BCUT2D eigenvalue weighted by atomic mass is 32.2. The standard InChI is InChI=1S/C13H16O4S/c14-13(15)6-7-18(16,17)9-10-4-5-11-2-1-3-12(11)8-10/h4-5,8H,1-3,6-7,9H2,(H,14,15). The van der Waals surface area contributed by atoms with Crippen LogP contribution in [0.15, 0.2) is 18.2 Å². The van der Waals surface area contributed by atoms with Crippen LogP contribution in [0.2, 0.25) is 0 Å². The van der Waals surface area contributed by atoms with Crippen molar-refractivity contribution in [2.45, 2.75) is 31.4 Å². The lowest BCUT2D eigenvalue weighted by Crippen LogP contribution is -2.13. The van der Waals surface area contributed by atoms with E-state index in [9.17, 15) is 13.2 Å². The number of carboxylic acids is 1. The fourth-order valence-corrected chi connectivity index (χ4v) is 3.60. The summed E-state index contributed by atoms with van der Waals surface area (Å²) in [5.41, 5.74) is 3.31. The number of hydrogen-bond donors (Lipinski definition) is 1. The summed E-state index contributed by atoms with van der Waals surface area (Å²) >= 11 is 0. The number of hydrogen-bond acceptors (Lipinski definition) is 3.